The Morgan fingerprint density at radius 3 is 2.23 bits per heavy atom. The third-order valence-electron chi connectivity index (χ3n) is 6.84. The Balaban J connectivity index is 1.57. The van der Waals surface area contributed by atoms with Crippen molar-refractivity contribution in [2.45, 2.75) is 41.7 Å². The van der Waals surface area contributed by atoms with Crippen LogP contribution in [-0.4, -0.2) is 51.8 Å². The zero-order chi connectivity index (χ0) is 21.6. The molecule has 0 radical (unpaired) electrons. The molecule has 2 amide bonds. The molecular formula is C23H29N3O3S. The van der Waals surface area contributed by atoms with Crippen LogP contribution in [0.25, 0.3) is 0 Å². The standard InChI is InChI=1S/C23H29N3O3S/c1-25(2)23(18-8-5-4-6-9-18)14-12-22(13-15-23)17-26(21(27)24-22)19-10-7-11-20(16-19)30(3,28)29/h4-11,16H,12-15,17H2,1-3H3,(H,24,27)/t22-,23+. The second kappa shape index (κ2) is 7.39. The van der Waals surface area contributed by atoms with Crippen LogP contribution in [0.3, 0.4) is 0 Å². The molecule has 160 valence electrons. The molecule has 1 N–H and O–H groups in total. The average Bonchev–Trinajstić information content (AvgIpc) is 3.04. The van der Waals surface area contributed by atoms with Gasteiger partial charge in [-0.3, -0.25) is 9.80 Å². The van der Waals surface area contributed by atoms with E-state index in [4.69, 9.17) is 0 Å². The van der Waals surface area contributed by atoms with Gasteiger partial charge >= 0.3 is 6.03 Å². The van der Waals surface area contributed by atoms with E-state index in [0.29, 0.717) is 12.2 Å². The number of urea groups is 1. The zero-order valence-electron chi connectivity index (χ0n) is 17.8. The van der Waals surface area contributed by atoms with Gasteiger partial charge in [-0.2, -0.15) is 0 Å². The molecule has 2 aromatic carbocycles. The summed E-state index contributed by atoms with van der Waals surface area (Å²) < 4.78 is 23.8. The van der Waals surface area contributed by atoms with Gasteiger partial charge in [-0.15, -0.1) is 0 Å². The van der Waals surface area contributed by atoms with Crippen LogP contribution in [0.15, 0.2) is 59.5 Å². The summed E-state index contributed by atoms with van der Waals surface area (Å²) in [5.41, 5.74) is 1.61. The van der Waals surface area contributed by atoms with Crippen molar-refractivity contribution < 1.29 is 13.2 Å². The first-order chi connectivity index (χ1) is 14.2. The number of rotatable bonds is 4. The summed E-state index contributed by atoms with van der Waals surface area (Å²) in [6.45, 7) is 0.553. The molecule has 1 heterocycles. The van der Waals surface area contributed by atoms with Crippen molar-refractivity contribution in [3.05, 3.63) is 60.2 Å². The van der Waals surface area contributed by atoms with Gasteiger partial charge in [0.25, 0.3) is 0 Å². The van der Waals surface area contributed by atoms with Crippen LogP contribution < -0.4 is 10.2 Å². The Bertz CT molecular complexity index is 1040. The Hall–Kier alpha value is -2.38. The van der Waals surface area contributed by atoms with Crippen molar-refractivity contribution in [2.75, 3.05) is 31.8 Å². The Morgan fingerprint density at radius 2 is 1.63 bits per heavy atom. The van der Waals surface area contributed by atoms with Gasteiger partial charge in [-0.05, 0) is 63.5 Å². The highest BCUT2D eigenvalue weighted by atomic mass is 32.2. The maximum absolute atomic E-state index is 12.8. The van der Waals surface area contributed by atoms with Crippen molar-refractivity contribution in [3.63, 3.8) is 0 Å². The van der Waals surface area contributed by atoms with Gasteiger partial charge in [-0.25, -0.2) is 13.2 Å². The smallest absolute Gasteiger partial charge is 0.322 e. The minimum absolute atomic E-state index is 0.0408. The van der Waals surface area contributed by atoms with Gasteiger partial charge in [0.1, 0.15) is 0 Å². The molecule has 30 heavy (non-hydrogen) atoms. The molecule has 6 nitrogen and oxygen atoms in total. The highest BCUT2D eigenvalue weighted by molar-refractivity contribution is 7.90. The largest absolute Gasteiger partial charge is 0.330 e. The van der Waals surface area contributed by atoms with Crippen LogP contribution in [0.1, 0.15) is 31.2 Å². The normalized spacial score (nSPS) is 26.9. The molecule has 1 saturated heterocycles. The highest BCUT2D eigenvalue weighted by Crippen LogP contribution is 2.46. The predicted molar refractivity (Wildman–Crippen MR) is 118 cm³/mol. The van der Waals surface area contributed by atoms with E-state index in [1.165, 1.54) is 11.8 Å². The predicted octanol–water partition coefficient (Wildman–Crippen LogP) is 3.39. The molecule has 2 fully saturated rings. The molecular weight excluding hydrogens is 398 g/mol. The first-order valence-corrected chi connectivity index (χ1v) is 12.2. The molecule has 0 aromatic heterocycles. The van der Waals surface area contributed by atoms with Crippen LogP contribution in [0.4, 0.5) is 10.5 Å². The van der Waals surface area contributed by atoms with Gasteiger partial charge in [0.15, 0.2) is 9.84 Å². The Morgan fingerprint density at radius 1 is 0.967 bits per heavy atom. The van der Waals surface area contributed by atoms with Crippen LogP contribution in [0.5, 0.6) is 0 Å². The molecule has 4 rings (SSSR count). The summed E-state index contributed by atoms with van der Waals surface area (Å²) in [6.07, 6.45) is 4.81. The fraction of sp³-hybridized carbons (Fsp3) is 0.435. The van der Waals surface area contributed by atoms with Crippen LogP contribution in [-0.2, 0) is 15.4 Å². The number of hydrogen-bond donors (Lipinski definition) is 1. The maximum Gasteiger partial charge on any atom is 0.322 e. The van der Waals surface area contributed by atoms with Crippen LogP contribution >= 0.6 is 0 Å². The van der Waals surface area contributed by atoms with E-state index >= 15 is 0 Å². The number of nitrogens with zero attached hydrogens (tertiary/aromatic N) is 2. The van der Waals surface area contributed by atoms with E-state index < -0.39 is 9.84 Å². The number of sulfone groups is 1. The van der Waals surface area contributed by atoms with Gasteiger partial charge in [0.2, 0.25) is 0 Å². The van der Waals surface area contributed by atoms with Gasteiger partial charge in [0.05, 0.1) is 17.0 Å². The monoisotopic (exact) mass is 427 g/mol. The van der Waals surface area contributed by atoms with Crippen molar-refractivity contribution in [1.29, 1.82) is 0 Å². The van der Waals surface area contributed by atoms with E-state index in [1.54, 1.807) is 29.2 Å². The maximum atomic E-state index is 12.8. The van der Waals surface area contributed by atoms with Crippen molar-refractivity contribution in [1.82, 2.24) is 10.2 Å². The minimum Gasteiger partial charge on any atom is -0.330 e. The van der Waals surface area contributed by atoms with Gasteiger partial charge in [0, 0.05) is 17.5 Å². The number of benzene rings is 2. The van der Waals surface area contributed by atoms with Crippen LogP contribution in [0.2, 0.25) is 0 Å². The first-order valence-electron chi connectivity index (χ1n) is 10.3. The number of amides is 2. The quantitative estimate of drug-likeness (QED) is 0.812. The first kappa shape index (κ1) is 20.9. The van der Waals surface area contributed by atoms with Crippen molar-refractivity contribution >= 4 is 21.6 Å². The van der Waals surface area contributed by atoms with Gasteiger partial charge in [-0.1, -0.05) is 36.4 Å². The minimum atomic E-state index is -3.33. The van der Waals surface area contributed by atoms with E-state index in [2.05, 4.69) is 48.6 Å². The highest BCUT2D eigenvalue weighted by Gasteiger charge is 2.50. The zero-order valence-corrected chi connectivity index (χ0v) is 18.6. The summed E-state index contributed by atoms with van der Waals surface area (Å²) in [4.78, 5) is 17.0. The van der Waals surface area contributed by atoms with E-state index in [-0.39, 0.29) is 22.0 Å². The number of carbonyl (C=O) groups excluding carboxylic acids is 1. The second-order valence-electron chi connectivity index (χ2n) is 8.86. The van der Waals surface area contributed by atoms with E-state index in [0.717, 1.165) is 25.7 Å². The fourth-order valence-electron chi connectivity index (χ4n) is 4.97. The molecule has 0 bridgehead atoms. The van der Waals surface area contributed by atoms with Crippen molar-refractivity contribution in [2.24, 2.45) is 0 Å². The average molecular weight is 428 g/mol. The summed E-state index contributed by atoms with van der Waals surface area (Å²) in [5.74, 6) is 0. The Kier molecular flexibility index (Phi) is 5.14. The molecule has 2 aliphatic rings. The van der Waals surface area contributed by atoms with Gasteiger partial charge < -0.3 is 5.32 Å². The summed E-state index contributed by atoms with van der Waals surface area (Å²) in [7, 11) is 0.927. The molecule has 0 unspecified atom stereocenters. The number of carbonyl (C=O) groups is 1. The number of anilines is 1. The molecule has 0 atom stereocenters. The lowest BCUT2D eigenvalue weighted by atomic mass is 9.69. The molecule has 2 aromatic rings. The number of hydrogen-bond acceptors (Lipinski definition) is 4. The lowest BCUT2D eigenvalue weighted by molar-refractivity contribution is 0.0658. The molecule has 1 spiro atoms. The van der Waals surface area contributed by atoms with Crippen LogP contribution in [0, 0.1) is 0 Å². The van der Waals surface area contributed by atoms with Crippen molar-refractivity contribution in [3.8, 4) is 0 Å². The SMILES string of the molecule is CN(C)[C@]1(c2ccccc2)CC[C@]2(CC1)CN(c1cccc(S(C)(=O)=O)c1)C(=O)N2. The third-order valence-corrected chi connectivity index (χ3v) is 7.95. The second-order valence-corrected chi connectivity index (χ2v) is 10.9. The molecule has 7 heteroatoms. The fourth-order valence-corrected chi connectivity index (χ4v) is 5.63. The topological polar surface area (TPSA) is 69.7 Å². The summed E-state index contributed by atoms with van der Waals surface area (Å²) >= 11 is 0. The molecule has 1 aliphatic carbocycles. The lowest BCUT2D eigenvalue weighted by Gasteiger charge is -2.48. The van der Waals surface area contributed by atoms with E-state index in [9.17, 15) is 13.2 Å². The molecule has 1 saturated carbocycles. The summed E-state index contributed by atoms with van der Waals surface area (Å²) in [5, 5.41) is 3.22. The van der Waals surface area contributed by atoms with E-state index in [1.807, 2.05) is 6.07 Å². The third kappa shape index (κ3) is 3.61. The molecule has 1 aliphatic heterocycles. The Labute approximate surface area is 178 Å². The lowest BCUT2D eigenvalue weighted by Crippen LogP contribution is -2.54. The summed E-state index contributed by atoms with van der Waals surface area (Å²) in [6, 6.07) is 17.1. The number of nitrogens with one attached hydrogen (secondary N) is 1.